The first-order valence-electron chi connectivity index (χ1n) is 9.06. The minimum Gasteiger partial charge on any atom is -0.367 e. The Bertz CT molecular complexity index is 927. The van der Waals surface area contributed by atoms with Crippen molar-refractivity contribution in [3.63, 3.8) is 0 Å². The molecule has 1 aromatic carbocycles. The van der Waals surface area contributed by atoms with Gasteiger partial charge in [-0.25, -0.2) is 4.98 Å². The third kappa shape index (κ3) is 3.24. The number of morpholine rings is 1. The predicted octanol–water partition coefficient (Wildman–Crippen LogP) is 2.74. The van der Waals surface area contributed by atoms with Crippen LogP contribution < -0.4 is 0 Å². The molecule has 2 aromatic heterocycles. The van der Waals surface area contributed by atoms with Crippen molar-refractivity contribution < 1.29 is 9.53 Å². The lowest BCUT2D eigenvalue weighted by Crippen LogP contribution is -2.42. The van der Waals surface area contributed by atoms with Crippen LogP contribution in [0, 0.1) is 6.92 Å². The number of amides is 1. The maximum absolute atomic E-state index is 12.7. The van der Waals surface area contributed by atoms with Crippen molar-refractivity contribution in [3.8, 4) is 0 Å². The average molecular weight is 352 g/mol. The highest BCUT2D eigenvalue weighted by molar-refractivity contribution is 5.84. The second-order valence-electron chi connectivity index (χ2n) is 6.91. The van der Waals surface area contributed by atoms with Gasteiger partial charge >= 0.3 is 0 Å². The number of aromatic amines is 1. The highest BCUT2D eigenvalue weighted by Gasteiger charge is 2.28. The molecule has 1 atom stereocenters. The summed E-state index contributed by atoms with van der Waals surface area (Å²) in [4.78, 5) is 22.5. The molecule has 26 heavy (non-hydrogen) atoms. The Morgan fingerprint density at radius 2 is 2.23 bits per heavy atom. The number of fused-ring (bicyclic) bond motifs is 1. The highest BCUT2D eigenvalue weighted by Crippen LogP contribution is 2.23. The van der Waals surface area contributed by atoms with Gasteiger partial charge in [-0.3, -0.25) is 4.79 Å². The molecule has 0 spiro atoms. The molecule has 3 aromatic rings. The fourth-order valence-electron chi connectivity index (χ4n) is 3.70. The lowest BCUT2D eigenvalue weighted by Gasteiger charge is -2.32. The molecule has 1 unspecified atom stereocenters. The predicted molar refractivity (Wildman–Crippen MR) is 99.8 cm³/mol. The molecule has 1 aliphatic heterocycles. The average Bonchev–Trinajstić information content (AvgIpc) is 3.22. The summed E-state index contributed by atoms with van der Waals surface area (Å²) >= 11 is 0. The van der Waals surface area contributed by atoms with Gasteiger partial charge < -0.3 is 19.2 Å². The second kappa shape index (κ2) is 6.96. The lowest BCUT2D eigenvalue weighted by molar-refractivity contribution is -0.139. The highest BCUT2D eigenvalue weighted by atomic mass is 16.5. The number of hydrogen-bond acceptors (Lipinski definition) is 3. The number of carbonyl (C=O) groups is 1. The molecule has 1 fully saturated rings. The van der Waals surface area contributed by atoms with Crippen molar-refractivity contribution in [1.29, 1.82) is 0 Å². The molecule has 6 nitrogen and oxygen atoms in total. The molecule has 4 rings (SSSR count). The van der Waals surface area contributed by atoms with Gasteiger partial charge in [0.25, 0.3) is 0 Å². The summed E-state index contributed by atoms with van der Waals surface area (Å²) in [6.07, 6.45) is 5.09. The van der Waals surface area contributed by atoms with Crippen LogP contribution in [0.15, 0.2) is 36.7 Å². The van der Waals surface area contributed by atoms with Crippen molar-refractivity contribution >= 4 is 16.8 Å². The van der Waals surface area contributed by atoms with Crippen LogP contribution in [0.1, 0.15) is 29.6 Å². The van der Waals surface area contributed by atoms with Crippen LogP contribution in [0.3, 0.4) is 0 Å². The molecular weight excluding hydrogens is 328 g/mol. The first kappa shape index (κ1) is 16.8. The van der Waals surface area contributed by atoms with Crippen molar-refractivity contribution in [1.82, 2.24) is 19.4 Å². The Balaban J connectivity index is 1.40. The van der Waals surface area contributed by atoms with E-state index in [0.717, 1.165) is 23.5 Å². The van der Waals surface area contributed by atoms with Crippen molar-refractivity contribution in [2.45, 2.75) is 25.9 Å². The number of aromatic nitrogens is 3. The Kier molecular flexibility index (Phi) is 4.51. The smallest absolute Gasteiger partial charge is 0.223 e. The van der Waals surface area contributed by atoms with Crippen LogP contribution in [0.2, 0.25) is 0 Å². The lowest BCUT2D eigenvalue weighted by atomic mass is 10.1. The fourth-order valence-corrected chi connectivity index (χ4v) is 3.70. The zero-order chi connectivity index (χ0) is 18.1. The molecule has 0 aliphatic carbocycles. The molecule has 6 heteroatoms. The second-order valence-corrected chi connectivity index (χ2v) is 6.91. The van der Waals surface area contributed by atoms with Gasteiger partial charge in [-0.2, -0.15) is 0 Å². The number of rotatable bonds is 4. The summed E-state index contributed by atoms with van der Waals surface area (Å²) in [7, 11) is 1.97. The van der Waals surface area contributed by atoms with Crippen LogP contribution in [0.25, 0.3) is 10.9 Å². The summed E-state index contributed by atoms with van der Waals surface area (Å²) in [6, 6.07) is 8.20. The van der Waals surface area contributed by atoms with E-state index in [1.807, 2.05) is 48.0 Å². The molecule has 136 valence electrons. The number of benzene rings is 1. The Morgan fingerprint density at radius 3 is 3.04 bits per heavy atom. The topological polar surface area (TPSA) is 63.2 Å². The molecule has 0 radical (unpaired) electrons. The number of nitrogens with one attached hydrogen (secondary N) is 1. The summed E-state index contributed by atoms with van der Waals surface area (Å²) in [5.41, 5.74) is 3.28. The number of hydrogen-bond donors (Lipinski definition) is 1. The number of nitrogens with zero attached hydrogens (tertiary/aromatic N) is 3. The first-order valence-corrected chi connectivity index (χ1v) is 9.06. The SMILES string of the molecule is Cc1cn(C)c(C2CN(C(=O)CCc3c[nH]c4ccccc34)CCO2)n1. The normalized spacial score (nSPS) is 17.8. The maximum atomic E-state index is 12.7. The third-order valence-electron chi connectivity index (χ3n) is 5.02. The van der Waals surface area contributed by atoms with Gasteiger partial charge in [0.15, 0.2) is 0 Å². The first-order chi connectivity index (χ1) is 12.6. The number of carbonyl (C=O) groups excluding carboxylic acids is 1. The van der Waals surface area contributed by atoms with Gasteiger partial charge in [-0.05, 0) is 25.0 Å². The van der Waals surface area contributed by atoms with Crippen LogP contribution in [-0.4, -0.2) is 45.0 Å². The van der Waals surface area contributed by atoms with Gasteiger partial charge in [0.1, 0.15) is 11.9 Å². The van der Waals surface area contributed by atoms with Crippen molar-refractivity contribution in [3.05, 3.63) is 53.7 Å². The van der Waals surface area contributed by atoms with Crippen LogP contribution in [0.4, 0.5) is 0 Å². The van der Waals surface area contributed by atoms with Gasteiger partial charge in [-0.1, -0.05) is 18.2 Å². The molecule has 1 amide bonds. The van der Waals surface area contributed by atoms with E-state index in [9.17, 15) is 4.79 Å². The number of H-pyrrole nitrogens is 1. The fraction of sp³-hybridized carbons (Fsp3) is 0.400. The van der Waals surface area contributed by atoms with E-state index >= 15 is 0 Å². The van der Waals surface area contributed by atoms with E-state index in [4.69, 9.17) is 4.74 Å². The van der Waals surface area contributed by atoms with E-state index in [-0.39, 0.29) is 12.0 Å². The minimum atomic E-state index is -0.153. The van der Waals surface area contributed by atoms with Gasteiger partial charge in [-0.15, -0.1) is 0 Å². The van der Waals surface area contributed by atoms with Gasteiger partial charge in [0, 0.05) is 43.3 Å². The standard InChI is InChI=1S/C20H24N4O2/c1-14-12-23(2)20(22-14)18-13-24(9-10-26-18)19(25)8-7-15-11-21-17-6-4-3-5-16(15)17/h3-6,11-12,18,21H,7-10,13H2,1-2H3. The molecule has 1 N–H and O–H groups in total. The summed E-state index contributed by atoms with van der Waals surface area (Å²) in [5, 5.41) is 1.20. The van der Waals surface area contributed by atoms with E-state index in [1.165, 1.54) is 10.9 Å². The van der Waals surface area contributed by atoms with Crippen molar-refractivity contribution in [2.75, 3.05) is 19.7 Å². The van der Waals surface area contributed by atoms with Crippen LogP contribution in [-0.2, 0) is 23.0 Å². The number of ether oxygens (including phenoxy) is 1. The van der Waals surface area contributed by atoms with E-state index in [2.05, 4.69) is 22.1 Å². The molecule has 3 heterocycles. The van der Waals surface area contributed by atoms with Crippen molar-refractivity contribution in [2.24, 2.45) is 7.05 Å². The Labute approximate surface area is 152 Å². The largest absolute Gasteiger partial charge is 0.367 e. The van der Waals surface area contributed by atoms with Crippen LogP contribution >= 0.6 is 0 Å². The van der Waals surface area contributed by atoms with Gasteiger partial charge in [0.2, 0.25) is 5.91 Å². The monoisotopic (exact) mass is 352 g/mol. The number of aryl methyl sites for hydroxylation is 3. The van der Waals surface area contributed by atoms with E-state index < -0.39 is 0 Å². The zero-order valence-electron chi connectivity index (χ0n) is 15.2. The third-order valence-corrected chi connectivity index (χ3v) is 5.02. The summed E-state index contributed by atoms with van der Waals surface area (Å²) in [6.45, 7) is 3.73. The summed E-state index contributed by atoms with van der Waals surface area (Å²) in [5.74, 6) is 1.06. The number of para-hydroxylation sites is 1. The molecule has 0 bridgehead atoms. The molecule has 1 saturated heterocycles. The van der Waals surface area contributed by atoms with Crippen LogP contribution in [0.5, 0.6) is 0 Å². The zero-order valence-corrected chi connectivity index (χ0v) is 15.2. The molecular formula is C20H24N4O2. The summed E-state index contributed by atoms with van der Waals surface area (Å²) < 4.78 is 7.85. The maximum Gasteiger partial charge on any atom is 0.223 e. The molecule has 0 saturated carbocycles. The number of imidazole rings is 1. The van der Waals surface area contributed by atoms with E-state index in [1.54, 1.807) is 0 Å². The molecule has 1 aliphatic rings. The Hall–Kier alpha value is -2.60. The quantitative estimate of drug-likeness (QED) is 0.785. The van der Waals surface area contributed by atoms with E-state index in [0.29, 0.717) is 26.1 Å². The van der Waals surface area contributed by atoms with Gasteiger partial charge in [0.05, 0.1) is 18.8 Å². The minimum absolute atomic E-state index is 0.153. The Morgan fingerprint density at radius 1 is 1.38 bits per heavy atom.